The molecule has 0 aliphatic carbocycles. The Kier molecular flexibility index (Phi) is 4.51. The molecule has 5 rings (SSSR count). The number of urea groups is 1. The summed E-state index contributed by atoms with van der Waals surface area (Å²) < 4.78 is 8.52. The fourth-order valence-electron chi connectivity index (χ4n) is 3.30. The van der Waals surface area contributed by atoms with Crippen LogP contribution in [0, 0.1) is 6.07 Å². The van der Waals surface area contributed by atoms with Gasteiger partial charge in [0.2, 0.25) is 0 Å². The van der Waals surface area contributed by atoms with Crippen LogP contribution in [0.4, 0.5) is 16.3 Å². The highest BCUT2D eigenvalue weighted by Crippen LogP contribution is 2.32. The predicted octanol–water partition coefficient (Wildman–Crippen LogP) is 5.95. The molecule has 3 aromatic heterocycles. The predicted molar refractivity (Wildman–Crippen MR) is 123 cm³/mol. The SMILES string of the molecule is CC(C)(C)c1cc(NC(=O)Nc2ccccc2-c2cn3c(n2)sc2c[c]ccc23)no1. The number of benzene rings is 2. The second-order valence-corrected chi connectivity index (χ2v) is 9.23. The van der Waals surface area contributed by atoms with Crippen LogP contribution >= 0.6 is 11.3 Å². The molecule has 0 bridgehead atoms. The van der Waals surface area contributed by atoms with Crippen molar-refractivity contribution in [3.8, 4) is 11.3 Å². The van der Waals surface area contributed by atoms with Crippen LogP contribution < -0.4 is 10.6 Å². The van der Waals surface area contributed by atoms with Gasteiger partial charge in [-0.3, -0.25) is 9.72 Å². The Morgan fingerprint density at radius 3 is 2.84 bits per heavy atom. The van der Waals surface area contributed by atoms with Crippen LogP contribution in [0.5, 0.6) is 0 Å². The monoisotopic (exact) mass is 430 g/mol. The largest absolute Gasteiger partial charge is 0.359 e. The van der Waals surface area contributed by atoms with E-state index in [9.17, 15) is 4.79 Å². The lowest BCUT2D eigenvalue weighted by atomic mass is 9.93. The van der Waals surface area contributed by atoms with E-state index in [-0.39, 0.29) is 5.41 Å². The highest BCUT2D eigenvalue weighted by Gasteiger charge is 2.20. The van der Waals surface area contributed by atoms with Gasteiger partial charge in [0.15, 0.2) is 10.8 Å². The minimum Gasteiger partial charge on any atom is -0.359 e. The minimum absolute atomic E-state index is 0.188. The van der Waals surface area contributed by atoms with Crippen molar-refractivity contribution in [1.82, 2.24) is 14.5 Å². The van der Waals surface area contributed by atoms with Gasteiger partial charge in [-0.2, -0.15) is 0 Å². The molecule has 0 aliphatic heterocycles. The molecule has 0 aliphatic rings. The van der Waals surface area contributed by atoms with Gasteiger partial charge in [0.25, 0.3) is 0 Å². The topological polar surface area (TPSA) is 84.5 Å². The summed E-state index contributed by atoms with van der Waals surface area (Å²) >= 11 is 1.61. The summed E-state index contributed by atoms with van der Waals surface area (Å²) in [6.07, 6.45) is 1.99. The molecule has 5 aromatic rings. The van der Waals surface area contributed by atoms with Crippen LogP contribution in [0.15, 0.2) is 59.3 Å². The number of hydrogen-bond acceptors (Lipinski definition) is 5. The molecule has 0 atom stereocenters. The maximum Gasteiger partial charge on any atom is 0.324 e. The summed E-state index contributed by atoms with van der Waals surface area (Å²) in [6.45, 7) is 6.06. The zero-order valence-corrected chi connectivity index (χ0v) is 18.1. The molecular weight excluding hydrogens is 410 g/mol. The molecule has 2 amide bonds. The third-order valence-electron chi connectivity index (χ3n) is 4.88. The normalized spacial score (nSPS) is 11.8. The van der Waals surface area contributed by atoms with E-state index in [4.69, 9.17) is 9.51 Å². The molecule has 7 nitrogen and oxygen atoms in total. The fourth-order valence-corrected chi connectivity index (χ4v) is 4.28. The number of anilines is 2. The van der Waals surface area contributed by atoms with Gasteiger partial charge in [-0.05, 0) is 24.3 Å². The second-order valence-electron chi connectivity index (χ2n) is 8.23. The van der Waals surface area contributed by atoms with Crippen molar-refractivity contribution in [1.29, 1.82) is 0 Å². The number of carbonyl (C=O) groups is 1. The molecule has 2 N–H and O–H groups in total. The van der Waals surface area contributed by atoms with Gasteiger partial charge in [0, 0.05) is 23.2 Å². The third-order valence-corrected chi connectivity index (χ3v) is 5.90. The van der Waals surface area contributed by atoms with E-state index in [0.717, 1.165) is 26.4 Å². The lowest BCUT2D eigenvalue weighted by molar-refractivity contribution is 0.262. The average molecular weight is 431 g/mol. The van der Waals surface area contributed by atoms with Crippen LogP contribution in [0.25, 0.3) is 26.4 Å². The summed E-state index contributed by atoms with van der Waals surface area (Å²) in [5.41, 5.74) is 3.17. The maximum atomic E-state index is 12.6. The smallest absolute Gasteiger partial charge is 0.324 e. The van der Waals surface area contributed by atoms with Crippen molar-refractivity contribution in [2.45, 2.75) is 26.2 Å². The number of rotatable bonds is 3. The van der Waals surface area contributed by atoms with E-state index < -0.39 is 6.03 Å². The van der Waals surface area contributed by atoms with Crippen LogP contribution in [0.3, 0.4) is 0 Å². The number of hydrogen-bond donors (Lipinski definition) is 2. The lowest BCUT2D eigenvalue weighted by Gasteiger charge is -2.12. The molecule has 0 saturated heterocycles. The van der Waals surface area contributed by atoms with Crippen LogP contribution in [-0.2, 0) is 5.41 Å². The fraction of sp³-hybridized carbons (Fsp3) is 0.174. The number of nitrogens with one attached hydrogen (secondary N) is 2. The first kappa shape index (κ1) is 19.3. The Morgan fingerprint density at radius 1 is 1.19 bits per heavy atom. The van der Waals surface area contributed by atoms with Crippen molar-refractivity contribution < 1.29 is 9.32 Å². The maximum absolute atomic E-state index is 12.6. The van der Waals surface area contributed by atoms with E-state index in [2.05, 4.69) is 26.3 Å². The van der Waals surface area contributed by atoms with Crippen molar-refractivity contribution in [3.63, 3.8) is 0 Å². The minimum atomic E-state index is -0.400. The van der Waals surface area contributed by atoms with Gasteiger partial charge in [-0.15, -0.1) is 0 Å². The molecule has 31 heavy (non-hydrogen) atoms. The van der Waals surface area contributed by atoms with Crippen molar-refractivity contribution in [3.05, 3.63) is 66.6 Å². The quantitative estimate of drug-likeness (QED) is 0.371. The third kappa shape index (κ3) is 3.66. The van der Waals surface area contributed by atoms with Gasteiger partial charge in [-0.1, -0.05) is 61.5 Å². The van der Waals surface area contributed by atoms with Gasteiger partial charge in [0.05, 0.1) is 21.6 Å². The Bertz CT molecular complexity index is 1410. The number of thiazole rings is 1. The standard InChI is InChI=1S/C23H20N5O2S/c1-23(2,3)19-12-20(27-30-19)26-21(29)24-15-9-5-4-8-14(15)16-13-28-17-10-6-7-11-18(17)31-22(28)25-16/h4-6,8-13H,1-3H3,(H2,24,26,27,29). The van der Waals surface area contributed by atoms with Gasteiger partial charge in [0.1, 0.15) is 5.76 Å². The number of carbonyl (C=O) groups excluding carboxylic acids is 1. The highest BCUT2D eigenvalue weighted by molar-refractivity contribution is 7.23. The van der Waals surface area contributed by atoms with E-state index in [1.54, 1.807) is 17.4 Å². The number of amides is 2. The molecule has 8 heteroatoms. The van der Waals surface area contributed by atoms with Gasteiger partial charge in [-0.25, -0.2) is 9.78 Å². The first-order valence-electron chi connectivity index (χ1n) is 9.81. The van der Waals surface area contributed by atoms with E-state index >= 15 is 0 Å². The molecular formula is C23H20N5O2S. The molecule has 1 radical (unpaired) electrons. The summed E-state index contributed by atoms with van der Waals surface area (Å²) in [5, 5.41) is 9.55. The molecule has 0 spiro atoms. The summed E-state index contributed by atoms with van der Waals surface area (Å²) in [6, 6.07) is 17.9. The Morgan fingerprint density at radius 2 is 2.03 bits per heavy atom. The molecule has 2 aromatic carbocycles. The molecule has 0 fully saturated rings. The zero-order chi connectivity index (χ0) is 21.6. The molecule has 0 unspecified atom stereocenters. The number of imidazole rings is 1. The van der Waals surface area contributed by atoms with Crippen molar-refractivity contribution in [2.24, 2.45) is 0 Å². The first-order valence-corrected chi connectivity index (χ1v) is 10.6. The van der Waals surface area contributed by atoms with Crippen LogP contribution in [0.2, 0.25) is 0 Å². The van der Waals surface area contributed by atoms with Crippen molar-refractivity contribution >= 4 is 44.1 Å². The van der Waals surface area contributed by atoms with Crippen molar-refractivity contribution in [2.75, 3.05) is 10.6 Å². The van der Waals surface area contributed by atoms with E-state index in [1.807, 2.05) is 69.4 Å². The summed E-state index contributed by atoms with van der Waals surface area (Å²) in [5.74, 6) is 1.07. The number of fused-ring (bicyclic) bond motifs is 3. The number of nitrogens with zero attached hydrogens (tertiary/aromatic N) is 3. The Labute approximate surface area is 182 Å². The van der Waals surface area contributed by atoms with Gasteiger partial charge >= 0.3 is 6.03 Å². The molecule has 0 saturated carbocycles. The van der Waals surface area contributed by atoms with E-state index in [1.165, 1.54) is 0 Å². The lowest BCUT2D eigenvalue weighted by Crippen LogP contribution is -2.20. The number of para-hydroxylation sites is 1. The van der Waals surface area contributed by atoms with Crippen LogP contribution in [-0.4, -0.2) is 20.6 Å². The zero-order valence-electron chi connectivity index (χ0n) is 17.3. The van der Waals surface area contributed by atoms with Crippen LogP contribution in [0.1, 0.15) is 26.5 Å². The second kappa shape index (κ2) is 7.24. The summed E-state index contributed by atoms with van der Waals surface area (Å²) in [7, 11) is 0. The number of aromatic nitrogens is 3. The Hall–Kier alpha value is -3.65. The summed E-state index contributed by atoms with van der Waals surface area (Å²) in [4.78, 5) is 18.3. The van der Waals surface area contributed by atoms with E-state index in [0.29, 0.717) is 17.3 Å². The Balaban J connectivity index is 1.41. The van der Waals surface area contributed by atoms with Gasteiger partial charge < -0.3 is 9.84 Å². The highest BCUT2D eigenvalue weighted by atomic mass is 32.1. The molecule has 155 valence electrons. The first-order chi connectivity index (χ1) is 14.9. The molecule has 3 heterocycles. The average Bonchev–Trinajstić information content (AvgIpc) is 3.42.